The molecule has 0 spiro atoms. The standard InChI is InChI=1S/C22H26N2O5/c1-14-6-7-19-18(10-14)24(21(26)22(2,3)29-19)9-8-20(25)23-15-11-16(27-4)13-17(12-15)28-5/h6-7,10-13H,8-9H2,1-5H3,(H,23,25). The fourth-order valence-corrected chi connectivity index (χ4v) is 3.22. The van der Waals surface area contributed by atoms with E-state index < -0.39 is 5.60 Å². The van der Waals surface area contributed by atoms with Crippen molar-refractivity contribution < 1.29 is 23.8 Å². The Kier molecular flexibility index (Phi) is 5.68. The Morgan fingerprint density at radius 1 is 1.10 bits per heavy atom. The Balaban J connectivity index is 1.74. The van der Waals surface area contributed by atoms with Crippen molar-refractivity contribution in [2.75, 3.05) is 31.0 Å². The van der Waals surface area contributed by atoms with E-state index in [-0.39, 0.29) is 24.8 Å². The molecule has 0 atom stereocenters. The van der Waals surface area contributed by atoms with Crippen molar-refractivity contribution in [3.8, 4) is 17.2 Å². The summed E-state index contributed by atoms with van der Waals surface area (Å²) in [6.07, 6.45) is 0.134. The Morgan fingerprint density at radius 2 is 1.76 bits per heavy atom. The maximum atomic E-state index is 12.9. The lowest BCUT2D eigenvalue weighted by atomic mass is 10.0. The van der Waals surface area contributed by atoms with Gasteiger partial charge in [-0.05, 0) is 38.5 Å². The third-order valence-corrected chi connectivity index (χ3v) is 4.73. The molecule has 2 aromatic carbocycles. The molecule has 7 heteroatoms. The Labute approximate surface area is 170 Å². The number of anilines is 2. The number of nitrogens with zero attached hydrogens (tertiary/aromatic N) is 1. The minimum absolute atomic E-state index is 0.134. The summed E-state index contributed by atoms with van der Waals surface area (Å²) in [5.74, 6) is 1.40. The molecule has 3 rings (SSSR count). The number of nitrogens with one attached hydrogen (secondary N) is 1. The number of carbonyl (C=O) groups excluding carboxylic acids is 2. The van der Waals surface area contributed by atoms with Gasteiger partial charge in [-0.15, -0.1) is 0 Å². The van der Waals surface area contributed by atoms with Crippen molar-refractivity contribution in [3.63, 3.8) is 0 Å². The normalized spacial score (nSPS) is 14.7. The molecule has 2 amide bonds. The number of carbonyl (C=O) groups is 2. The van der Waals surface area contributed by atoms with Crippen molar-refractivity contribution in [1.29, 1.82) is 0 Å². The summed E-state index contributed by atoms with van der Waals surface area (Å²) in [6.45, 7) is 5.65. The molecule has 1 aliphatic heterocycles. The highest BCUT2D eigenvalue weighted by atomic mass is 16.5. The number of amides is 2. The fourth-order valence-electron chi connectivity index (χ4n) is 3.22. The van der Waals surface area contributed by atoms with E-state index >= 15 is 0 Å². The summed E-state index contributed by atoms with van der Waals surface area (Å²) in [7, 11) is 3.09. The minimum Gasteiger partial charge on any atom is -0.497 e. The van der Waals surface area contributed by atoms with Crippen LogP contribution in [0.4, 0.5) is 11.4 Å². The van der Waals surface area contributed by atoms with Gasteiger partial charge in [0.15, 0.2) is 5.60 Å². The molecule has 1 aliphatic rings. The molecule has 0 saturated carbocycles. The van der Waals surface area contributed by atoms with Crippen LogP contribution in [0.25, 0.3) is 0 Å². The molecule has 1 heterocycles. The third-order valence-electron chi connectivity index (χ3n) is 4.73. The first-order chi connectivity index (χ1) is 13.7. The second-order valence-electron chi connectivity index (χ2n) is 7.44. The Bertz CT molecular complexity index is 917. The largest absolute Gasteiger partial charge is 0.497 e. The van der Waals surface area contributed by atoms with Crippen molar-refractivity contribution in [2.24, 2.45) is 0 Å². The number of hydrogen-bond acceptors (Lipinski definition) is 5. The predicted molar refractivity (Wildman–Crippen MR) is 111 cm³/mol. The summed E-state index contributed by atoms with van der Waals surface area (Å²) in [4.78, 5) is 27.1. The van der Waals surface area contributed by atoms with E-state index in [1.165, 1.54) is 0 Å². The molecule has 7 nitrogen and oxygen atoms in total. The molecule has 154 valence electrons. The molecule has 0 bridgehead atoms. The van der Waals surface area contributed by atoms with E-state index in [1.807, 2.05) is 25.1 Å². The molecule has 0 fully saturated rings. The van der Waals surface area contributed by atoms with Crippen molar-refractivity contribution in [2.45, 2.75) is 32.8 Å². The predicted octanol–water partition coefficient (Wildman–Crippen LogP) is 3.55. The van der Waals surface area contributed by atoms with Gasteiger partial charge in [0.1, 0.15) is 17.2 Å². The van der Waals surface area contributed by atoms with Gasteiger partial charge in [-0.2, -0.15) is 0 Å². The van der Waals surface area contributed by atoms with Crippen LogP contribution in [0.2, 0.25) is 0 Å². The zero-order valence-electron chi connectivity index (χ0n) is 17.4. The number of aryl methyl sites for hydroxylation is 1. The van der Waals surface area contributed by atoms with Crippen LogP contribution >= 0.6 is 0 Å². The quantitative estimate of drug-likeness (QED) is 0.805. The van der Waals surface area contributed by atoms with Crippen molar-refractivity contribution >= 4 is 23.2 Å². The third kappa shape index (κ3) is 4.45. The van der Waals surface area contributed by atoms with Gasteiger partial charge in [0.05, 0.1) is 19.9 Å². The van der Waals surface area contributed by atoms with E-state index in [0.717, 1.165) is 5.56 Å². The number of ether oxygens (including phenoxy) is 3. The summed E-state index contributed by atoms with van der Waals surface area (Å²) in [6, 6.07) is 10.8. The Hall–Kier alpha value is -3.22. The number of hydrogen-bond donors (Lipinski definition) is 1. The van der Waals surface area contributed by atoms with Gasteiger partial charge in [-0.25, -0.2) is 0 Å². The molecular weight excluding hydrogens is 372 g/mol. The number of benzene rings is 2. The second kappa shape index (κ2) is 8.03. The highest BCUT2D eigenvalue weighted by molar-refractivity contribution is 6.03. The summed E-state index contributed by atoms with van der Waals surface area (Å²) < 4.78 is 16.3. The van der Waals surface area contributed by atoms with Gasteiger partial charge < -0.3 is 24.4 Å². The van der Waals surface area contributed by atoms with E-state index in [2.05, 4.69) is 5.32 Å². The zero-order valence-corrected chi connectivity index (χ0v) is 17.4. The topological polar surface area (TPSA) is 77.1 Å². The van der Waals surface area contributed by atoms with Crippen LogP contribution in [-0.4, -0.2) is 38.2 Å². The number of fused-ring (bicyclic) bond motifs is 1. The van der Waals surface area contributed by atoms with Crippen LogP contribution in [-0.2, 0) is 9.59 Å². The van der Waals surface area contributed by atoms with Crippen molar-refractivity contribution in [3.05, 3.63) is 42.0 Å². The molecule has 0 radical (unpaired) electrons. The average molecular weight is 398 g/mol. The molecule has 0 aromatic heterocycles. The summed E-state index contributed by atoms with van der Waals surface area (Å²) >= 11 is 0. The van der Waals surface area contributed by atoms with Crippen LogP contribution in [0, 0.1) is 6.92 Å². The molecule has 2 aromatic rings. The van der Waals surface area contributed by atoms with Crippen LogP contribution in [0.15, 0.2) is 36.4 Å². The molecule has 0 unspecified atom stereocenters. The highest BCUT2D eigenvalue weighted by Crippen LogP contribution is 2.38. The smallest absolute Gasteiger partial charge is 0.270 e. The minimum atomic E-state index is -0.987. The van der Waals surface area contributed by atoms with Gasteiger partial charge in [0, 0.05) is 36.9 Å². The molecule has 1 N–H and O–H groups in total. The lowest BCUT2D eigenvalue weighted by molar-refractivity contribution is -0.132. The van der Waals surface area contributed by atoms with Crippen LogP contribution in [0.1, 0.15) is 25.8 Å². The second-order valence-corrected chi connectivity index (χ2v) is 7.44. The first kappa shape index (κ1) is 20.5. The first-order valence-corrected chi connectivity index (χ1v) is 9.38. The number of methoxy groups -OCH3 is 2. The van der Waals surface area contributed by atoms with E-state index in [9.17, 15) is 9.59 Å². The summed E-state index contributed by atoms with van der Waals surface area (Å²) in [5, 5.41) is 2.83. The fraction of sp³-hybridized carbons (Fsp3) is 0.364. The van der Waals surface area contributed by atoms with E-state index in [1.54, 1.807) is 51.2 Å². The maximum Gasteiger partial charge on any atom is 0.270 e. The SMILES string of the molecule is COc1cc(NC(=O)CCN2C(=O)C(C)(C)Oc3ccc(C)cc32)cc(OC)c1. The van der Waals surface area contributed by atoms with E-state index in [4.69, 9.17) is 14.2 Å². The van der Waals surface area contributed by atoms with Gasteiger partial charge in [-0.3, -0.25) is 9.59 Å². The van der Waals surface area contributed by atoms with Gasteiger partial charge >= 0.3 is 0 Å². The van der Waals surface area contributed by atoms with Gasteiger partial charge in [-0.1, -0.05) is 6.07 Å². The lowest BCUT2D eigenvalue weighted by Crippen LogP contribution is -2.53. The molecule has 29 heavy (non-hydrogen) atoms. The lowest BCUT2D eigenvalue weighted by Gasteiger charge is -2.38. The zero-order chi connectivity index (χ0) is 21.2. The first-order valence-electron chi connectivity index (χ1n) is 9.38. The summed E-state index contributed by atoms with van der Waals surface area (Å²) in [5.41, 5.74) is 1.28. The number of rotatable bonds is 6. The van der Waals surface area contributed by atoms with E-state index in [0.29, 0.717) is 28.6 Å². The molecule has 0 saturated heterocycles. The Morgan fingerprint density at radius 3 is 2.38 bits per heavy atom. The monoisotopic (exact) mass is 398 g/mol. The average Bonchev–Trinajstić information content (AvgIpc) is 2.68. The van der Waals surface area contributed by atoms with Crippen LogP contribution in [0.3, 0.4) is 0 Å². The van der Waals surface area contributed by atoms with Gasteiger partial charge in [0.2, 0.25) is 5.91 Å². The molecular formula is C22H26N2O5. The van der Waals surface area contributed by atoms with Gasteiger partial charge in [0.25, 0.3) is 5.91 Å². The molecule has 0 aliphatic carbocycles. The van der Waals surface area contributed by atoms with Crippen LogP contribution < -0.4 is 24.4 Å². The highest BCUT2D eigenvalue weighted by Gasteiger charge is 2.40. The van der Waals surface area contributed by atoms with Crippen molar-refractivity contribution in [1.82, 2.24) is 0 Å². The maximum absolute atomic E-state index is 12.9. The van der Waals surface area contributed by atoms with Crippen LogP contribution in [0.5, 0.6) is 17.2 Å².